The lowest BCUT2D eigenvalue weighted by atomic mass is 9.86. The molecule has 1 aromatic heterocycles. The van der Waals surface area contributed by atoms with Crippen molar-refractivity contribution in [3.63, 3.8) is 0 Å². The molecule has 2 heterocycles. The van der Waals surface area contributed by atoms with E-state index in [0.717, 1.165) is 26.2 Å². The van der Waals surface area contributed by atoms with Gasteiger partial charge >= 0.3 is 0 Å². The van der Waals surface area contributed by atoms with Crippen LogP contribution >= 0.6 is 0 Å². The number of nitrogens with zero attached hydrogens (tertiary/aromatic N) is 3. The molecule has 0 saturated carbocycles. The molecule has 29 heavy (non-hydrogen) atoms. The van der Waals surface area contributed by atoms with Crippen molar-refractivity contribution in [2.24, 2.45) is 11.8 Å². The van der Waals surface area contributed by atoms with E-state index < -0.39 is 0 Å². The summed E-state index contributed by atoms with van der Waals surface area (Å²) in [6.45, 7) is 14.2. The molecule has 0 spiro atoms. The zero-order valence-corrected chi connectivity index (χ0v) is 18.5. The van der Waals surface area contributed by atoms with Crippen molar-refractivity contribution in [1.29, 1.82) is 0 Å². The smallest absolute Gasteiger partial charge is 0.225 e. The van der Waals surface area contributed by atoms with Gasteiger partial charge in [-0.2, -0.15) is 0 Å². The average molecular weight is 394 g/mol. The number of aryl methyl sites for hydroxylation is 1. The third kappa shape index (κ3) is 5.24. The monoisotopic (exact) mass is 393 g/mol. The van der Waals surface area contributed by atoms with Gasteiger partial charge in [-0.15, -0.1) is 0 Å². The van der Waals surface area contributed by atoms with Crippen molar-refractivity contribution in [3.05, 3.63) is 65.5 Å². The minimum Gasteiger partial charge on any atom is -0.340 e. The summed E-state index contributed by atoms with van der Waals surface area (Å²) in [6, 6.07) is 13.1. The van der Waals surface area contributed by atoms with E-state index in [0.29, 0.717) is 11.8 Å². The van der Waals surface area contributed by atoms with Gasteiger partial charge in [-0.3, -0.25) is 14.7 Å². The van der Waals surface area contributed by atoms with E-state index >= 15 is 0 Å². The fourth-order valence-electron chi connectivity index (χ4n) is 4.52. The van der Waals surface area contributed by atoms with E-state index in [1.54, 1.807) is 0 Å². The molecular weight excluding hydrogens is 358 g/mol. The van der Waals surface area contributed by atoms with E-state index in [4.69, 9.17) is 0 Å². The highest BCUT2D eigenvalue weighted by Crippen LogP contribution is 2.36. The number of aromatic nitrogens is 1. The molecule has 2 atom stereocenters. The lowest BCUT2D eigenvalue weighted by Gasteiger charge is -2.33. The summed E-state index contributed by atoms with van der Waals surface area (Å²) >= 11 is 0. The molecule has 2 aromatic rings. The summed E-state index contributed by atoms with van der Waals surface area (Å²) in [7, 11) is 0. The summed E-state index contributed by atoms with van der Waals surface area (Å²) in [5.41, 5.74) is 4.01. The van der Waals surface area contributed by atoms with Crippen LogP contribution in [0.15, 0.2) is 48.8 Å². The molecule has 0 radical (unpaired) electrons. The standard InChI is InChI=1S/C25H35N3O/c1-18(2)25(29)28(19(3)4)16-22-15-27(14-21-10-8-12-26-13-21)17-24(22)23-11-7-6-9-20(23)5/h6-13,18-19,22,24H,14-17H2,1-5H3. The maximum Gasteiger partial charge on any atom is 0.225 e. The Labute approximate surface area is 175 Å². The molecule has 0 aliphatic carbocycles. The highest BCUT2D eigenvalue weighted by Gasteiger charge is 2.37. The number of pyridine rings is 1. The van der Waals surface area contributed by atoms with Crippen molar-refractivity contribution in [1.82, 2.24) is 14.8 Å². The first-order chi connectivity index (χ1) is 13.9. The maximum absolute atomic E-state index is 12.9. The van der Waals surface area contributed by atoms with Crippen LogP contribution in [0.4, 0.5) is 0 Å². The minimum atomic E-state index is 0.0298. The van der Waals surface area contributed by atoms with Crippen molar-refractivity contribution >= 4 is 5.91 Å². The number of hydrogen-bond acceptors (Lipinski definition) is 3. The third-order valence-electron chi connectivity index (χ3n) is 6.07. The van der Waals surface area contributed by atoms with Gasteiger partial charge in [0.05, 0.1) is 0 Å². The second-order valence-electron chi connectivity index (χ2n) is 9.02. The highest BCUT2D eigenvalue weighted by atomic mass is 16.2. The SMILES string of the molecule is Cc1ccccc1C1CN(Cc2cccnc2)CC1CN(C(=O)C(C)C)C(C)C. The Kier molecular flexibility index (Phi) is 7.07. The number of amides is 1. The number of likely N-dealkylation sites (tertiary alicyclic amines) is 1. The first-order valence-corrected chi connectivity index (χ1v) is 10.8. The minimum absolute atomic E-state index is 0.0298. The lowest BCUT2D eigenvalue weighted by Crippen LogP contribution is -2.43. The van der Waals surface area contributed by atoms with Gasteiger partial charge in [0.1, 0.15) is 0 Å². The zero-order chi connectivity index (χ0) is 21.0. The van der Waals surface area contributed by atoms with Crippen LogP contribution in [-0.4, -0.2) is 46.4 Å². The molecule has 0 N–H and O–H groups in total. The summed E-state index contributed by atoms with van der Waals surface area (Å²) < 4.78 is 0. The van der Waals surface area contributed by atoms with E-state index in [1.807, 2.05) is 32.3 Å². The van der Waals surface area contributed by atoms with Crippen LogP contribution in [-0.2, 0) is 11.3 Å². The number of rotatable bonds is 7. The Morgan fingerprint density at radius 3 is 2.52 bits per heavy atom. The molecule has 1 aliphatic heterocycles. The van der Waals surface area contributed by atoms with Crippen LogP contribution in [0.1, 0.15) is 50.3 Å². The van der Waals surface area contributed by atoms with E-state index in [1.165, 1.54) is 16.7 Å². The van der Waals surface area contributed by atoms with Crippen LogP contribution in [0.25, 0.3) is 0 Å². The quantitative estimate of drug-likeness (QED) is 0.695. The highest BCUT2D eigenvalue weighted by molar-refractivity contribution is 5.78. The topological polar surface area (TPSA) is 36.4 Å². The molecule has 2 unspecified atom stereocenters. The average Bonchev–Trinajstić information content (AvgIpc) is 3.08. The van der Waals surface area contributed by atoms with Crippen LogP contribution in [0.2, 0.25) is 0 Å². The van der Waals surface area contributed by atoms with E-state index in [9.17, 15) is 4.79 Å². The Hall–Kier alpha value is -2.20. The van der Waals surface area contributed by atoms with Gasteiger partial charge in [-0.05, 0) is 49.4 Å². The van der Waals surface area contributed by atoms with Gasteiger partial charge in [0.25, 0.3) is 0 Å². The van der Waals surface area contributed by atoms with Crippen LogP contribution < -0.4 is 0 Å². The summed E-state index contributed by atoms with van der Waals surface area (Å²) in [6.07, 6.45) is 3.78. The maximum atomic E-state index is 12.9. The molecule has 1 amide bonds. The molecule has 156 valence electrons. The normalized spacial score (nSPS) is 19.8. The number of carbonyl (C=O) groups is 1. The number of benzene rings is 1. The Bertz CT molecular complexity index is 803. The van der Waals surface area contributed by atoms with E-state index in [2.05, 4.69) is 65.9 Å². The summed E-state index contributed by atoms with van der Waals surface area (Å²) in [5.74, 6) is 1.16. The van der Waals surface area contributed by atoms with Gasteiger partial charge < -0.3 is 4.90 Å². The van der Waals surface area contributed by atoms with Crippen LogP contribution in [0.3, 0.4) is 0 Å². The fraction of sp³-hybridized carbons (Fsp3) is 0.520. The largest absolute Gasteiger partial charge is 0.340 e. The lowest BCUT2D eigenvalue weighted by molar-refractivity contribution is -0.136. The van der Waals surface area contributed by atoms with Gasteiger partial charge in [0.15, 0.2) is 0 Å². The van der Waals surface area contributed by atoms with Crippen molar-refractivity contribution in [2.75, 3.05) is 19.6 Å². The first kappa shape index (κ1) is 21.5. The van der Waals surface area contributed by atoms with Gasteiger partial charge in [-0.25, -0.2) is 0 Å². The Balaban J connectivity index is 1.84. The van der Waals surface area contributed by atoms with Gasteiger partial charge in [0.2, 0.25) is 5.91 Å². The molecule has 4 nitrogen and oxygen atoms in total. The van der Waals surface area contributed by atoms with E-state index in [-0.39, 0.29) is 17.9 Å². The Morgan fingerprint density at radius 1 is 1.14 bits per heavy atom. The van der Waals surface area contributed by atoms with Crippen LogP contribution in [0, 0.1) is 18.8 Å². The van der Waals surface area contributed by atoms with Gasteiger partial charge in [0, 0.05) is 56.5 Å². The van der Waals surface area contributed by atoms with Gasteiger partial charge in [-0.1, -0.05) is 44.2 Å². The molecule has 1 saturated heterocycles. The summed E-state index contributed by atoms with van der Waals surface area (Å²) in [5, 5.41) is 0. The number of carbonyl (C=O) groups excluding carboxylic acids is 1. The molecule has 1 aliphatic rings. The third-order valence-corrected chi connectivity index (χ3v) is 6.07. The van der Waals surface area contributed by atoms with Crippen LogP contribution in [0.5, 0.6) is 0 Å². The van der Waals surface area contributed by atoms with Crippen molar-refractivity contribution < 1.29 is 4.79 Å². The van der Waals surface area contributed by atoms with Crippen molar-refractivity contribution in [2.45, 2.75) is 53.1 Å². The predicted molar refractivity (Wildman–Crippen MR) is 119 cm³/mol. The molecule has 1 fully saturated rings. The first-order valence-electron chi connectivity index (χ1n) is 10.8. The Morgan fingerprint density at radius 2 is 1.90 bits per heavy atom. The number of hydrogen-bond donors (Lipinski definition) is 0. The molecular formula is C25H35N3O. The molecule has 3 rings (SSSR count). The van der Waals surface area contributed by atoms with Crippen molar-refractivity contribution in [3.8, 4) is 0 Å². The molecule has 4 heteroatoms. The fourth-order valence-corrected chi connectivity index (χ4v) is 4.52. The second-order valence-corrected chi connectivity index (χ2v) is 9.02. The molecule has 0 bridgehead atoms. The second kappa shape index (κ2) is 9.53. The predicted octanol–water partition coefficient (Wildman–Crippen LogP) is 4.50. The summed E-state index contributed by atoms with van der Waals surface area (Å²) in [4.78, 5) is 21.7. The zero-order valence-electron chi connectivity index (χ0n) is 18.5. The molecule has 1 aromatic carbocycles.